The number of aromatic nitrogens is 2. The van der Waals surface area contributed by atoms with E-state index in [1.54, 1.807) is 18.2 Å². The molecule has 0 aliphatic heterocycles. The van der Waals surface area contributed by atoms with Crippen molar-refractivity contribution >= 4 is 34.6 Å². The summed E-state index contributed by atoms with van der Waals surface area (Å²) in [5.74, 6) is 0. The molecule has 1 aromatic carbocycles. The summed E-state index contributed by atoms with van der Waals surface area (Å²) < 4.78 is 1.30. The molecule has 9 heteroatoms. The highest BCUT2D eigenvalue weighted by molar-refractivity contribution is 6.39. The van der Waals surface area contributed by atoms with E-state index >= 15 is 0 Å². The van der Waals surface area contributed by atoms with Gasteiger partial charge in [0, 0.05) is 6.54 Å². The number of halogens is 2. The molecule has 112 valence electrons. The van der Waals surface area contributed by atoms with Gasteiger partial charge in [-0.15, -0.1) is 0 Å². The van der Waals surface area contributed by atoms with Crippen LogP contribution in [0.3, 0.4) is 0 Å². The summed E-state index contributed by atoms with van der Waals surface area (Å²) in [5, 5.41) is 28.1. The van der Waals surface area contributed by atoms with E-state index in [0.29, 0.717) is 15.7 Å². The number of aliphatic hydroxyl groups is 1. The first-order valence-corrected chi connectivity index (χ1v) is 6.75. The molecule has 0 fully saturated rings. The molecule has 0 saturated heterocycles. The minimum absolute atomic E-state index is 0.114. The number of nitrogens with one attached hydrogen (secondary N) is 1. The number of anilines is 1. The van der Waals surface area contributed by atoms with E-state index in [0.717, 1.165) is 6.20 Å². The van der Waals surface area contributed by atoms with Crippen molar-refractivity contribution in [2.24, 2.45) is 0 Å². The third kappa shape index (κ3) is 4.07. The van der Waals surface area contributed by atoms with Crippen LogP contribution in [0.1, 0.15) is 0 Å². The quantitative estimate of drug-likeness (QED) is 0.627. The molecule has 0 aliphatic carbocycles. The monoisotopic (exact) mass is 330 g/mol. The van der Waals surface area contributed by atoms with Crippen molar-refractivity contribution in [3.05, 3.63) is 50.8 Å². The van der Waals surface area contributed by atoms with Gasteiger partial charge >= 0.3 is 5.69 Å². The lowest BCUT2D eigenvalue weighted by Crippen LogP contribution is -2.25. The summed E-state index contributed by atoms with van der Waals surface area (Å²) in [7, 11) is 0. The van der Waals surface area contributed by atoms with Gasteiger partial charge in [-0.2, -0.15) is 5.10 Å². The molecule has 0 spiro atoms. The molecule has 1 aromatic heterocycles. The van der Waals surface area contributed by atoms with E-state index in [4.69, 9.17) is 23.2 Å². The first-order valence-electron chi connectivity index (χ1n) is 6.00. The number of aliphatic hydroxyl groups excluding tert-OH is 1. The van der Waals surface area contributed by atoms with Gasteiger partial charge < -0.3 is 10.4 Å². The van der Waals surface area contributed by atoms with Crippen molar-refractivity contribution in [1.82, 2.24) is 9.78 Å². The average Bonchev–Trinajstić information content (AvgIpc) is 2.87. The topological polar surface area (TPSA) is 93.2 Å². The van der Waals surface area contributed by atoms with Crippen LogP contribution in [0.25, 0.3) is 0 Å². The van der Waals surface area contributed by atoms with Gasteiger partial charge in [-0.3, -0.25) is 14.8 Å². The maximum Gasteiger partial charge on any atom is 0.306 e. The SMILES string of the molecule is O=[N+]([O-])c1cnn(CC(O)CNc2c(Cl)cccc2Cl)c1. The van der Waals surface area contributed by atoms with E-state index in [1.807, 2.05) is 0 Å². The number of hydrogen-bond acceptors (Lipinski definition) is 5. The fraction of sp³-hybridized carbons (Fsp3) is 0.250. The molecule has 1 atom stereocenters. The Bertz CT molecular complexity index is 627. The highest BCUT2D eigenvalue weighted by Gasteiger charge is 2.13. The predicted octanol–water partition coefficient (Wildman–Crippen LogP) is 2.57. The fourth-order valence-corrected chi connectivity index (χ4v) is 2.24. The lowest BCUT2D eigenvalue weighted by atomic mass is 10.3. The van der Waals surface area contributed by atoms with Gasteiger partial charge in [0.1, 0.15) is 12.4 Å². The summed E-state index contributed by atoms with van der Waals surface area (Å²) in [6.45, 7) is 0.292. The molecule has 0 amide bonds. The molecule has 1 heterocycles. The zero-order valence-corrected chi connectivity index (χ0v) is 12.3. The van der Waals surface area contributed by atoms with Crippen LogP contribution in [0.2, 0.25) is 10.0 Å². The number of nitrogens with zero attached hydrogens (tertiary/aromatic N) is 3. The number of hydrogen-bond donors (Lipinski definition) is 2. The number of nitro groups is 1. The van der Waals surface area contributed by atoms with E-state index < -0.39 is 11.0 Å². The molecular formula is C12H12Cl2N4O3. The van der Waals surface area contributed by atoms with Gasteiger partial charge in [0.25, 0.3) is 0 Å². The molecule has 0 bridgehead atoms. The summed E-state index contributed by atoms with van der Waals surface area (Å²) in [6, 6.07) is 5.08. The van der Waals surface area contributed by atoms with Crippen molar-refractivity contribution in [2.45, 2.75) is 12.6 Å². The molecular weight excluding hydrogens is 319 g/mol. The summed E-state index contributed by atoms with van der Waals surface area (Å²) in [5.41, 5.74) is 0.413. The molecule has 2 N–H and O–H groups in total. The van der Waals surface area contributed by atoms with E-state index in [1.165, 1.54) is 10.9 Å². The summed E-state index contributed by atoms with van der Waals surface area (Å²) >= 11 is 12.0. The van der Waals surface area contributed by atoms with Gasteiger partial charge in [0.15, 0.2) is 0 Å². The van der Waals surface area contributed by atoms with Crippen molar-refractivity contribution in [2.75, 3.05) is 11.9 Å². The molecule has 0 radical (unpaired) electrons. The minimum atomic E-state index is -0.808. The Labute approximate surface area is 130 Å². The van der Waals surface area contributed by atoms with E-state index in [2.05, 4.69) is 10.4 Å². The van der Waals surface area contributed by atoms with Crippen LogP contribution < -0.4 is 5.32 Å². The van der Waals surface area contributed by atoms with Crippen LogP contribution in [-0.2, 0) is 6.54 Å². The van der Waals surface area contributed by atoms with E-state index in [9.17, 15) is 15.2 Å². The highest BCUT2D eigenvalue weighted by atomic mass is 35.5. The third-order valence-electron chi connectivity index (χ3n) is 2.71. The van der Waals surface area contributed by atoms with Crippen LogP contribution in [-0.4, -0.2) is 32.5 Å². The van der Waals surface area contributed by atoms with Crippen LogP contribution in [0.15, 0.2) is 30.6 Å². The van der Waals surface area contributed by atoms with Gasteiger partial charge in [-0.25, -0.2) is 0 Å². The largest absolute Gasteiger partial charge is 0.389 e. The smallest absolute Gasteiger partial charge is 0.306 e. The predicted molar refractivity (Wildman–Crippen MR) is 79.8 cm³/mol. The Hall–Kier alpha value is -1.83. The number of rotatable bonds is 6. The minimum Gasteiger partial charge on any atom is -0.389 e. The Morgan fingerprint density at radius 3 is 2.67 bits per heavy atom. The van der Waals surface area contributed by atoms with Gasteiger partial charge in [0.2, 0.25) is 0 Å². The van der Waals surface area contributed by atoms with Crippen molar-refractivity contribution in [3.63, 3.8) is 0 Å². The maximum absolute atomic E-state index is 10.5. The second-order valence-electron chi connectivity index (χ2n) is 4.31. The zero-order valence-electron chi connectivity index (χ0n) is 10.7. The molecule has 21 heavy (non-hydrogen) atoms. The molecule has 2 rings (SSSR count). The summed E-state index contributed by atoms with van der Waals surface area (Å²) in [6.07, 6.45) is 1.58. The second kappa shape index (κ2) is 6.75. The summed E-state index contributed by atoms with van der Waals surface area (Å²) in [4.78, 5) is 9.99. The first-order chi connectivity index (χ1) is 9.97. The Balaban J connectivity index is 1.92. The standard InChI is InChI=1S/C12H12Cl2N4O3/c13-10-2-1-3-11(14)12(10)15-5-9(19)7-17-6-8(4-16-17)18(20)21/h1-4,6,9,15,19H,5,7H2. The van der Waals surface area contributed by atoms with Crippen LogP contribution in [0, 0.1) is 10.1 Å². The fourth-order valence-electron chi connectivity index (χ4n) is 1.71. The first kappa shape index (κ1) is 15.6. The second-order valence-corrected chi connectivity index (χ2v) is 5.12. The Kier molecular flexibility index (Phi) is 5.00. The van der Waals surface area contributed by atoms with Crippen molar-refractivity contribution < 1.29 is 10.0 Å². The normalized spacial score (nSPS) is 12.1. The highest BCUT2D eigenvalue weighted by Crippen LogP contribution is 2.29. The number of benzene rings is 1. The number of para-hydroxylation sites is 1. The molecule has 0 saturated carbocycles. The van der Waals surface area contributed by atoms with Gasteiger partial charge in [-0.1, -0.05) is 29.3 Å². The van der Waals surface area contributed by atoms with Crippen LogP contribution in [0.5, 0.6) is 0 Å². The van der Waals surface area contributed by atoms with Crippen molar-refractivity contribution in [1.29, 1.82) is 0 Å². The molecule has 7 nitrogen and oxygen atoms in total. The van der Waals surface area contributed by atoms with Gasteiger partial charge in [0.05, 0.1) is 33.3 Å². The van der Waals surface area contributed by atoms with Crippen LogP contribution in [0.4, 0.5) is 11.4 Å². The lowest BCUT2D eigenvalue weighted by molar-refractivity contribution is -0.385. The van der Waals surface area contributed by atoms with Crippen molar-refractivity contribution in [3.8, 4) is 0 Å². The zero-order chi connectivity index (χ0) is 15.4. The Morgan fingerprint density at radius 2 is 2.10 bits per heavy atom. The maximum atomic E-state index is 10.5. The van der Waals surface area contributed by atoms with E-state index in [-0.39, 0.29) is 18.8 Å². The third-order valence-corrected chi connectivity index (χ3v) is 3.34. The Morgan fingerprint density at radius 1 is 1.43 bits per heavy atom. The molecule has 0 aliphatic rings. The van der Waals surface area contributed by atoms with Crippen LogP contribution >= 0.6 is 23.2 Å². The molecule has 1 unspecified atom stereocenters. The average molecular weight is 331 g/mol. The lowest BCUT2D eigenvalue weighted by Gasteiger charge is -2.14. The molecule has 2 aromatic rings. The van der Waals surface area contributed by atoms with Gasteiger partial charge in [-0.05, 0) is 12.1 Å².